The number of benzene rings is 1. The molecule has 0 bridgehead atoms. The molecule has 0 radical (unpaired) electrons. The molecule has 0 heterocycles. The Morgan fingerprint density at radius 2 is 2.10 bits per heavy atom. The maximum absolute atomic E-state index is 13.2. The SMILES string of the molecule is CC(CCNS(=O)(=O)c1cc(Br)c(F)cc1N)S(C)=O. The molecule has 0 aliphatic heterocycles. The molecule has 3 N–H and O–H groups in total. The Morgan fingerprint density at radius 1 is 1.50 bits per heavy atom. The van der Waals surface area contributed by atoms with E-state index in [4.69, 9.17) is 5.73 Å². The van der Waals surface area contributed by atoms with E-state index in [2.05, 4.69) is 20.7 Å². The van der Waals surface area contributed by atoms with Crippen LogP contribution in [0.1, 0.15) is 13.3 Å². The summed E-state index contributed by atoms with van der Waals surface area (Å²) in [7, 11) is -4.83. The van der Waals surface area contributed by atoms with Crippen LogP contribution in [-0.4, -0.2) is 30.7 Å². The molecule has 1 aromatic rings. The van der Waals surface area contributed by atoms with E-state index in [1.54, 1.807) is 13.2 Å². The monoisotopic (exact) mass is 386 g/mol. The number of nitrogen functional groups attached to an aromatic ring is 1. The summed E-state index contributed by atoms with van der Waals surface area (Å²) in [5.41, 5.74) is 5.37. The van der Waals surface area contributed by atoms with Crippen molar-refractivity contribution in [2.75, 3.05) is 18.5 Å². The van der Waals surface area contributed by atoms with E-state index in [0.717, 1.165) is 12.1 Å². The zero-order valence-electron chi connectivity index (χ0n) is 11.0. The van der Waals surface area contributed by atoms with Crippen LogP contribution < -0.4 is 10.5 Å². The molecule has 0 saturated carbocycles. The van der Waals surface area contributed by atoms with Gasteiger partial charge in [0.15, 0.2) is 0 Å². The van der Waals surface area contributed by atoms with Gasteiger partial charge in [-0.1, -0.05) is 6.92 Å². The zero-order valence-corrected chi connectivity index (χ0v) is 14.2. The highest BCUT2D eigenvalue weighted by Crippen LogP contribution is 2.25. The second kappa shape index (κ2) is 6.97. The fourth-order valence-electron chi connectivity index (χ4n) is 1.42. The van der Waals surface area contributed by atoms with Gasteiger partial charge in [-0.2, -0.15) is 0 Å². The fourth-order valence-corrected chi connectivity index (χ4v) is 3.55. The van der Waals surface area contributed by atoms with Crippen molar-refractivity contribution in [3.05, 3.63) is 22.4 Å². The fraction of sp³-hybridized carbons (Fsp3) is 0.455. The van der Waals surface area contributed by atoms with Crippen LogP contribution in [0.2, 0.25) is 0 Å². The van der Waals surface area contributed by atoms with Crippen molar-refractivity contribution in [1.29, 1.82) is 0 Å². The van der Waals surface area contributed by atoms with Gasteiger partial charge in [-0.15, -0.1) is 0 Å². The summed E-state index contributed by atoms with van der Waals surface area (Å²) in [6.45, 7) is 1.91. The molecular formula is C11H16BrFN2O3S2. The topological polar surface area (TPSA) is 89.3 Å². The number of halogens is 2. The molecule has 9 heteroatoms. The summed E-state index contributed by atoms with van der Waals surface area (Å²) in [4.78, 5) is -0.184. The maximum atomic E-state index is 13.2. The van der Waals surface area contributed by atoms with Gasteiger partial charge in [-0.05, 0) is 34.5 Å². The summed E-state index contributed by atoms with van der Waals surface area (Å²) in [5.74, 6) is -0.628. The Labute approximate surface area is 128 Å². The molecule has 114 valence electrons. The Morgan fingerprint density at radius 3 is 2.65 bits per heavy atom. The van der Waals surface area contributed by atoms with E-state index in [1.165, 1.54) is 0 Å². The molecule has 20 heavy (non-hydrogen) atoms. The van der Waals surface area contributed by atoms with Crippen LogP contribution in [0.25, 0.3) is 0 Å². The average Bonchev–Trinajstić information content (AvgIpc) is 2.33. The van der Waals surface area contributed by atoms with Gasteiger partial charge in [0, 0.05) is 28.9 Å². The molecule has 0 saturated heterocycles. The molecule has 0 aliphatic rings. The molecular weight excluding hydrogens is 371 g/mol. The van der Waals surface area contributed by atoms with E-state index < -0.39 is 26.6 Å². The summed E-state index contributed by atoms with van der Waals surface area (Å²) >= 11 is 2.92. The van der Waals surface area contributed by atoms with Crippen LogP contribution in [0.4, 0.5) is 10.1 Å². The van der Waals surface area contributed by atoms with Crippen LogP contribution in [0, 0.1) is 5.82 Å². The van der Waals surface area contributed by atoms with Gasteiger partial charge in [-0.25, -0.2) is 17.5 Å². The molecule has 2 atom stereocenters. The molecule has 0 amide bonds. The first-order valence-corrected chi connectivity index (χ1v) is 9.61. The summed E-state index contributed by atoms with van der Waals surface area (Å²) in [6.07, 6.45) is 2.00. The Balaban J connectivity index is 2.85. The Kier molecular flexibility index (Phi) is 6.11. The second-order valence-electron chi connectivity index (χ2n) is 4.30. The largest absolute Gasteiger partial charge is 0.398 e. The van der Waals surface area contributed by atoms with E-state index in [9.17, 15) is 17.0 Å². The van der Waals surface area contributed by atoms with Gasteiger partial charge < -0.3 is 5.73 Å². The lowest BCUT2D eigenvalue weighted by Gasteiger charge is -2.12. The molecule has 0 fully saturated rings. The first-order chi connectivity index (χ1) is 9.15. The highest BCUT2D eigenvalue weighted by molar-refractivity contribution is 9.10. The van der Waals surface area contributed by atoms with E-state index in [0.29, 0.717) is 6.42 Å². The van der Waals surface area contributed by atoms with E-state index >= 15 is 0 Å². The number of rotatable bonds is 6. The van der Waals surface area contributed by atoms with Gasteiger partial charge in [0.1, 0.15) is 10.7 Å². The molecule has 0 spiro atoms. The van der Waals surface area contributed by atoms with Crippen molar-refractivity contribution in [2.45, 2.75) is 23.5 Å². The standard InChI is InChI=1S/C11H16BrFN2O3S2/c1-7(19(2)16)3-4-15-20(17,18)11-5-8(12)9(13)6-10(11)14/h5-7,15H,3-4,14H2,1-2H3. The molecule has 0 aliphatic carbocycles. The second-order valence-corrected chi connectivity index (χ2v) is 8.69. The number of anilines is 1. The predicted octanol–water partition coefficient (Wildman–Crippen LogP) is 1.61. The van der Waals surface area contributed by atoms with Crippen molar-refractivity contribution < 1.29 is 17.0 Å². The highest BCUT2D eigenvalue weighted by Gasteiger charge is 2.19. The number of hydrogen-bond acceptors (Lipinski definition) is 4. The lowest BCUT2D eigenvalue weighted by Crippen LogP contribution is -2.28. The van der Waals surface area contributed by atoms with Crippen LogP contribution >= 0.6 is 15.9 Å². The number of sulfonamides is 1. The minimum absolute atomic E-state index is 0.0232. The number of nitrogens with one attached hydrogen (secondary N) is 1. The van der Waals surface area contributed by atoms with Gasteiger partial charge in [0.05, 0.1) is 10.2 Å². The van der Waals surface area contributed by atoms with Crippen molar-refractivity contribution in [3.8, 4) is 0 Å². The zero-order chi connectivity index (χ0) is 15.5. The highest BCUT2D eigenvalue weighted by atomic mass is 79.9. The van der Waals surface area contributed by atoms with Crippen molar-refractivity contribution in [1.82, 2.24) is 4.72 Å². The lowest BCUT2D eigenvalue weighted by molar-refractivity contribution is 0.577. The van der Waals surface area contributed by atoms with Crippen molar-refractivity contribution >= 4 is 42.4 Å². The van der Waals surface area contributed by atoms with Gasteiger partial charge in [-0.3, -0.25) is 4.21 Å². The maximum Gasteiger partial charge on any atom is 0.242 e. The molecule has 2 unspecified atom stereocenters. The normalized spacial score (nSPS) is 15.0. The summed E-state index contributed by atoms with van der Waals surface area (Å²) in [6, 6.07) is 2.07. The molecule has 0 aromatic heterocycles. The summed E-state index contributed by atoms with van der Waals surface area (Å²) < 4.78 is 50.9. The Hall–Kier alpha value is -0.510. The third-order valence-electron chi connectivity index (χ3n) is 2.75. The van der Waals surface area contributed by atoms with E-state index in [1.807, 2.05) is 0 Å². The quantitative estimate of drug-likeness (QED) is 0.726. The predicted molar refractivity (Wildman–Crippen MR) is 81.8 cm³/mol. The average molecular weight is 387 g/mol. The molecule has 1 rings (SSSR count). The van der Waals surface area contributed by atoms with Crippen LogP contribution in [-0.2, 0) is 20.8 Å². The lowest BCUT2D eigenvalue weighted by atomic mass is 10.3. The number of nitrogens with two attached hydrogens (primary N) is 1. The van der Waals surface area contributed by atoms with Crippen molar-refractivity contribution in [2.24, 2.45) is 0 Å². The first-order valence-electron chi connectivity index (χ1n) is 5.71. The Bertz CT molecular complexity index is 622. The summed E-state index contributed by atoms with van der Waals surface area (Å²) in [5, 5.41) is -0.116. The third kappa shape index (κ3) is 4.51. The minimum Gasteiger partial charge on any atom is -0.398 e. The van der Waals surface area contributed by atoms with E-state index in [-0.39, 0.29) is 26.9 Å². The molecule has 5 nitrogen and oxygen atoms in total. The van der Waals surface area contributed by atoms with Crippen LogP contribution in [0.5, 0.6) is 0 Å². The minimum atomic E-state index is -3.82. The van der Waals surface area contributed by atoms with Gasteiger partial charge >= 0.3 is 0 Å². The van der Waals surface area contributed by atoms with Crippen molar-refractivity contribution in [3.63, 3.8) is 0 Å². The third-order valence-corrected chi connectivity index (χ3v) is 6.25. The smallest absolute Gasteiger partial charge is 0.242 e. The first kappa shape index (κ1) is 17.5. The van der Waals surface area contributed by atoms with Crippen LogP contribution in [0.15, 0.2) is 21.5 Å². The molecule has 1 aromatic carbocycles. The van der Waals surface area contributed by atoms with Gasteiger partial charge in [0.2, 0.25) is 10.0 Å². The number of hydrogen-bond donors (Lipinski definition) is 2. The van der Waals surface area contributed by atoms with Gasteiger partial charge in [0.25, 0.3) is 0 Å². The van der Waals surface area contributed by atoms with Crippen LogP contribution in [0.3, 0.4) is 0 Å².